The number of amides is 3. The molecule has 0 spiro atoms. The summed E-state index contributed by atoms with van der Waals surface area (Å²) in [6.45, 7) is 1.21. The monoisotopic (exact) mass is 240 g/mol. The van der Waals surface area contributed by atoms with E-state index in [2.05, 4.69) is 0 Å². The molecule has 0 N–H and O–H groups in total. The lowest BCUT2D eigenvalue weighted by Gasteiger charge is -2.29. The first-order valence-electron chi connectivity index (χ1n) is 6.34. The van der Waals surface area contributed by atoms with Crippen LogP contribution >= 0.6 is 0 Å². The number of hydrogen-bond donors (Lipinski definition) is 0. The van der Waals surface area contributed by atoms with Crippen molar-refractivity contribution in [1.82, 2.24) is 9.80 Å². The summed E-state index contributed by atoms with van der Waals surface area (Å²) in [5, 5.41) is 0. The van der Waals surface area contributed by atoms with Gasteiger partial charge in [-0.25, -0.2) is 4.79 Å². The van der Waals surface area contributed by atoms with Crippen molar-refractivity contribution >= 4 is 11.9 Å². The first-order chi connectivity index (χ1) is 8.24. The zero-order chi connectivity index (χ0) is 12.3. The van der Waals surface area contributed by atoms with Gasteiger partial charge >= 0.3 is 6.03 Å². The van der Waals surface area contributed by atoms with Gasteiger partial charge in [-0.3, -0.25) is 9.69 Å². The number of rotatable bonds is 4. The van der Waals surface area contributed by atoms with Crippen molar-refractivity contribution in [3.8, 4) is 0 Å². The maximum absolute atomic E-state index is 12.1. The van der Waals surface area contributed by atoms with Crippen LogP contribution in [0, 0.1) is 0 Å². The highest BCUT2D eigenvalue weighted by atomic mass is 16.5. The van der Waals surface area contributed by atoms with Crippen molar-refractivity contribution in [2.75, 3.05) is 26.8 Å². The average molecular weight is 240 g/mol. The molecule has 0 aromatic rings. The van der Waals surface area contributed by atoms with Gasteiger partial charge in [0.1, 0.15) is 6.54 Å². The van der Waals surface area contributed by atoms with E-state index in [-0.39, 0.29) is 24.5 Å². The molecule has 5 nitrogen and oxygen atoms in total. The van der Waals surface area contributed by atoms with Crippen LogP contribution in [-0.2, 0) is 9.53 Å². The Bertz CT molecular complexity index is 300. The summed E-state index contributed by atoms with van der Waals surface area (Å²) in [6, 6.07) is 0.00949. The number of urea groups is 1. The van der Waals surface area contributed by atoms with Crippen LogP contribution in [0.5, 0.6) is 0 Å². The number of methoxy groups -OCH3 is 1. The molecule has 2 aliphatic rings. The minimum absolute atomic E-state index is 0.0435. The lowest BCUT2D eigenvalue weighted by molar-refractivity contribution is -0.127. The molecule has 0 radical (unpaired) electrons. The van der Waals surface area contributed by atoms with Crippen LogP contribution < -0.4 is 0 Å². The van der Waals surface area contributed by atoms with Crippen molar-refractivity contribution in [1.29, 1.82) is 0 Å². The van der Waals surface area contributed by atoms with E-state index >= 15 is 0 Å². The lowest BCUT2D eigenvalue weighted by Crippen LogP contribution is -2.42. The highest BCUT2D eigenvalue weighted by Crippen LogP contribution is 2.26. The summed E-state index contributed by atoms with van der Waals surface area (Å²) in [5.74, 6) is -0.0435. The number of carbonyl (C=O) groups excluding carboxylic acids is 2. The van der Waals surface area contributed by atoms with Crippen LogP contribution in [0.25, 0.3) is 0 Å². The molecule has 1 aliphatic carbocycles. The van der Waals surface area contributed by atoms with E-state index in [9.17, 15) is 9.59 Å². The fourth-order valence-electron chi connectivity index (χ4n) is 2.64. The Morgan fingerprint density at radius 2 is 1.94 bits per heavy atom. The molecule has 96 valence electrons. The number of ether oxygens (including phenoxy) is 1. The van der Waals surface area contributed by atoms with Crippen molar-refractivity contribution in [3.63, 3.8) is 0 Å². The van der Waals surface area contributed by atoms with Crippen LogP contribution in [-0.4, -0.2) is 54.6 Å². The molecular formula is C12H20N2O3. The molecule has 0 unspecified atom stereocenters. The molecule has 5 heteroatoms. The third-order valence-corrected chi connectivity index (χ3v) is 3.58. The molecular weight excluding hydrogens is 220 g/mol. The van der Waals surface area contributed by atoms with E-state index < -0.39 is 0 Å². The summed E-state index contributed by atoms with van der Waals surface area (Å²) in [4.78, 5) is 27.0. The van der Waals surface area contributed by atoms with Gasteiger partial charge in [0.25, 0.3) is 5.91 Å². The molecule has 1 saturated heterocycles. The van der Waals surface area contributed by atoms with Crippen molar-refractivity contribution in [2.24, 2.45) is 0 Å². The minimum Gasteiger partial charge on any atom is -0.383 e. The maximum Gasteiger partial charge on any atom is 0.327 e. The Labute approximate surface area is 102 Å². The summed E-state index contributed by atoms with van der Waals surface area (Å²) in [5.41, 5.74) is 0. The van der Waals surface area contributed by atoms with Crippen LogP contribution in [0.2, 0.25) is 0 Å². The number of imide groups is 1. The molecule has 2 rings (SSSR count). The van der Waals surface area contributed by atoms with Gasteiger partial charge in [0.15, 0.2) is 0 Å². The quantitative estimate of drug-likeness (QED) is 0.694. The highest BCUT2D eigenvalue weighted by Gasteiger charge is 2.40. The van der Waals surface area contributed by atoms with Gasteiger partial charge in [-0.15, -0.1) is 0 Å². The third kappa shape index (κ3) is 2.60. The number of hydrogen-bond acceptors (Lipinski definition) is 3. The molecule has 2 fully saturated rings. The molecule has 0 aromatic heterocycles. The predicted octanol–water partition coefficient (Wildman–Crippen LogP) is 1.23. The molecule has 17 heavy (non-hydrogen) atoms. The fraction of sp³-hybridized carbons (Fsp3) is 0.833. The SMILES string of the molecule is COCCN1CC(=O)N(C2CCCCC2)C1=O. The smallest absolute Gasteiger partial charge is 0.327 e. The minimum atomic E-state index is -0.126. The molecule has 1 saturated carbocycles. The molecule has 1 heterocycles. The van der Waals surface area contributed by atoms with E-state index in [4.69, 9.17) is 4.74 Å². The Morgan fingerprint density at radius 1 is 1.24 bits per heavy atom. The van der Waals surface area contributed by atoms with Crippen molar-refractivity contribution in [2.45, 2.75) is 38.1 Å². The normalized spacial score (nSPS) is 22.6. The van der Waals surface area contributed by atoms with Gasteiger partial charge in [0.05, 0.1) is 6.61 Å². The van der Waals surface area contributed by atoms with Crippen LogP contribution in [0.4, 0.5) is 4.79 Å². The zero-order valence-electron chi connectivity index (χ0n) is 10.4. The van der Waals surface area contributed by atoms with E-state index in [1.165, 1.54) is 11.3 Å². The Hall–Kier alpha value is -1.10. The van der Waals surface area contributed by atoms with Gasteiger partial charge in [-0.1, -0.05) is 19.3 Å². The average Bonchev–Trinajstić information content (AvgIpc) is 2.63. The van der Waals surface area contributed by atoms with Crippen LogP contribution in [0.15, 0.2) is 0 Å². The standard InChI is InChI=1S/C12H20N2O3/c1-17-8-7-13-9-11(15)14(12(13)16)10-5-3-2-4-6-10/h10H,2-9H2,1H3. The summed E-state index contributed by atoms with van der Waals surface area (Å²) < 4.78 is 4.94. The molecule has 0 bridgehead atoms. The highest BCUT2D eigenvalue weighted by molar-refractivity contribution is 6.02. The first kappa shape index (κ1) is 12.4. The first-order valence-corrected chi connectivity index (χ1v) is 6.34. The summed E-state index contributed by atoms with van der Waals surface area (Å²) >= 11 is 0. The Kier molecular flexibility index (Phi) is 3.99. The topological polar surface area (TPSA) is 49.9 Å². The van der Waals surface area contributed by atoms with E-state index in [1.54, 1.807) is 12.0 Å². The van der Waals surface area contributed by atoms with Gasteiger partial charge in [0, 0.05) is 19.7 Å². The number of nitrogens with zero attached hydrogens (tertiary/aromatic N) is 2. The second-order valence-corrected chi connectivity index (χ2v) is 4.75. The Morgan fingerprint density at radius 3 is 2.59 bits per heavy atom. The maximum atomic E-state index is 12.1. The second kappa shape index (κ2) is 5.49. The largest absolute Gasteiger partial charge is 0.383 e. The Balaban J connectivity index is 1.97. The van der Waals surface area contributed by atoms with Gasteiger partial charge in [-0.2, -0.15) is 0 Å². The molecule has 0 atom stereocenters. The molecule has 0 aromatic carbocycles. The van der Waals surface area contributed by atoms with Crippen molar-refractivity contribution < 1.29 is 14.3 Å². The van der Waals surface area contributed by atoms with Crippen LogP contribution in [0.3, 0.4) is 0 Å². The van der Waals surface area contributed by atoms with Gasteiger partial charge < -0.3 is 9.64 Å². The zero-order valence-corrected chi connectivity index (χ0v) is 10.4. The number of carbonyl (C=O) groups is 2. The lowest BCUT2D eigenvalue weighted by atomic mass is 9.94. The third-order valence-electron chi connectivity index (χ3n) is 3.58. The van der Waals surface area contributed by atoms with Gasteiger partial charge in [0.2, 0.25) is 0 Å². The summed E-state index contributed by atoms with van der Waals surface area (Å²) in [7, 11) is 1.60. The predicted molar refractivity (Wildman–Crippen MR) is 62.6 cm³/mol. The van der Waals surface area contributed by atoms with Crippen LogP contribution in [0.1, 0.15) is 32.1 Å². The summed E-state index contributed by atoms with van der Waals surface area (Å²) in [6.07, 6.45) is 5.41. The fourth-order valence-corrected chi connectivity index (χ4v) is 2.64. The second-order valence-electron chi connectivity index (χ2n) is 4.75. The van der Waals surface area contributed by atoms with E-state index in [0.29, 0.717) is 13.2 Å². The van der Waals surface area contributed by atoms with Gasteiger partial charge in [-0.05, 0) is 12.8 Å². The molecule has 3 amide bonds. The molecule has 1 aliphatic heterocycles. The van der Waals surface area contributed by atoms with E-state index in [0.717, 1.165) is 25.7 Å². The van der Waals surface area contributed by atoms with Crippen molar-refractivity contribution in [3.05, 3.63) is 0 Å². The van der Waals surface area contributed by atoms with E-state index in [1.807, 2.05) is 0 Å².